The summed E-state index contributed by atoms with van der Waals surface area (Å²) >= 11 is 0. The standard InChI is InChI=1S/C52H32F10O/c53-39-27-15-13-25-37(39)51(33-21-9-3-10-22-33,41-35(29-31-17-5-1-6-18-31)43(55)47(59)49(61)45(41)57)63-52(34-23-11-4-12-24-34,38-26-14-16-28-40(38)54)42-36(30-32-19-7-2-8-20-32)44(56)48(60)50(62)46(42)58/h1-28H,29-30H2. The summed E-state index contributed by atoms with van der Waals surface area (Å²) in [6.07, 6.45) is -1.40. The van der Waals surface area contributed by atoms with Gasteiger partial charge in [0.2, 0.25) is 0 Å². The predicted octanol–water partition coefficient (Wildman–Crippen LogP) is 13.6. The van der Waals surface area contributed by atoms with Crippen molar-refractivity contribution in [3.63, 3.8) is 0 Å². The summed E-state index contributed by atoms with van der Waals surface area (Å²) in [5, 5.41) is 0. The molecular formula is C52H32F10O. The fourth-order valence-electron chi connectivity index (χ4n) is 8.29. The van der Waals surface area contributed by atoms with Crippen molar-refractivity contribution >= 4 is 0 Å². The van der Waals surface area contributed by atoms with Gasteiger partial charge in [0, 0.05) is 46.2 Å². The first kappa shape index (κ1) is 42.7. The van der Waals surface area contributed by atoms with Gasteiger partial charge in [0.1, 0.15) is 11.6 Å². The number of rotatable bonds is 12. The van der Waals surface area contributed by atoms with Gasteiger partial charge in [-0.05, 0) is 34.4 Å². The lowest BCUT2D eigenvalue weighted by Crippen LogP contribution is -2.48. The molecule has 0 aliphatic rings. The van der Waals surface area contributed by atoms with Crippen molar-refractivity contribution < 1.29 is 48.6 Å². The molecule has 0 aliphatic heterocycles. The Bertz CT molecular complexity index is 2730. The highest BCUT2D eigenvalue weighted by Crippen LogP contribution is 2.56. The van der Waals surface area contributed by atoms with Crippen LogP contribution in [0.3, 0.4) is 0 Å². The number of hydrogen-bond donors (Lipinski definition) is 0. The average Bonchev–Trinajstić information content (AvgIpc) is 3.32. The van der Waals surface area contributed by atoms with E-state index < -0.39 is 116 Å². The highest BCUT2D eigenvalue weighted by atomic mass is 19.2. The van der Waals surface area contributed by atoms with Crippen LogP contribution in [0.1, 0.15) is 55.6 Å². The zero-order chi connectivity index (χ0) is 44.5. The van der Waals surface area contributed by atoms with Crippen molar-refractivity contribution in [2.75, 3.05) is 0 Å². The Morgan fingerprint density at radius 1 is 0.302 bits per heavy atom. The maximum atomic E-state index is 17.6. The summed E-state index contributed by atoms with van der Waals surface area (Å²) in [5.74, 6) is -19.7. The second kappa shape index (κ2) is 17.4. The topological polar surface area (TPSA) is 9.23 Å². The maximum absolute atomic E-state index is 17.6. The van der Waals surface area contributed by atoms with Crippen LogP contribution in [0.4, 0.5) is 43.9 Å². The number of hydrogen-bond acceptors (Lipinski definition) is 1. The molecule has 2 atom stereocenters. The zero-order valence-electron chi connectivity index (χ0n) is 32.8. The quantitative estimate of drug-likeness (QED) is 0.0515. The average molecular weight is 863 g/mol. The lowest BCUT2D eigenvalue weighted by atomic mass is 9.72. The Morgan fingerprint density at radius 3 is 0.921 bits per heavy atom. The van der Waals surface area contributed by atoms with Gasteiger partial charge in [-0.1, -0.05) is 158 Å². The third-order valence-corrected chi connectivity index (χ3v) is 11.1. The van der Waals surface area contributed by atoms with Crippen LogP contribution in [0.2, 0.25) is 0 Å². The van der Waals surface area contributed by atoms with Crippen LogP contribution in [0.25, 0.3) is 0 Å². The fraction of sp³-hybridized carbons (Fsp3) is 0.0769. The van der Waals surface area contributed by atoms with Crippen LogP contribution in [0.5, 0.6) is 0 Å². The Morgan fingerprint density at radius 2 is 0.587 bits per heavy atom. The molecule has 8 aromatic carbocycles. The highest BCUT2D eigenvalue weighted by molar-refractivity contribution is 5.58. The van der Waals surface area contributed by atoms with E-state index >= 15 is 43.9 Å². The normalized spacial score (nSPS) is 13.4. The van der Waals surface area contributed by atoms with Crippen molar-refractivity contribution in [1.29, 1.82) is 0 Å². The van der Waals surface area contributed by atoms with Crippen LogP contribution < -0.4 is 0 Å². The third kappa shape index (κ3) is 7.35. The molecule has 8 aromatic rings. The Hall–Kier alpha value is -6.98. The van der Waals surface area contributed by atoms with E-state index in [4.69, 9.17) is 4.74 Å². The number of benzene rings is 8. The van der Waals surface area contributed by atoms with Crippen molar-refractivity contribution in [1.82, 2.24) is 0 Å². The van der Waals surface area contributed by atoms with Crippen LogP contribution in [-0.2, 0) is 28.8 Å². The van der Waals surface area contributed by atoms with Gasteiger partial charge in [-0.3, -0.25) is 0 Å². The molecule has 0 spiro atoms. The summed E-state index contributed by atoms with van der Waals surface area (Å²) in [5.41, 5.74) is -12.3. The Balaban J connectivity index is 1.66. The van der Waals surface area contributed by atoms with E-state index in [9.17, 15) is 0 Å². The molecule has 2 unspecified atom stereocenters. The van der Waals surface area contributed by atoms with Crippen LogP contribution in [-0.4, -0.2) is 0 Å². The summed E-state index contributed by atoms with van der Waals surface area (Å²) < 4.78 is 174. The monoisotopic (exact) mass is 862 g/mol. The molecule has 8 rings (SSSR count). The zero-order valence-corrected chi connectivity index (χ0v) is 32.8. The molecule has 11 heteroatoms. The first-order chi connectivity index (χ1) is 30.4. The van der Waals surface area contributed by atoms with Gasteiger partial charge in [-0.2, -0.15) is 0 Å². The molecule has 1 nitrogen and oxygen atoms in total. The molecule has 0 fully saturated rings. The van der Waals surface area contributed by atoms with Gasteiger partial charge >= 0.3 is 0 Å². The Labute approximate surface area is 355 Å². The van der Waals surface area contributed by atoms with Crippen LogP contribution in [0.15, 0.2) is 170 Å². The van der Waals surface area contributed by atoms with Gasteiger partial charge in [0.05, 0.1) is 0 Å². The molecule has 0 aromatic heterocycles. The predicted molar refractivity (Wildman–Crippen MR) is 218 cm³/mol. The minimum atomic E-state index is -3.20. The van der Waals surface area contributed by atoms with E-state index in [1.54, 1.807) is 12.1 Å². The summed E-state index contributed by atoms with van der Waals surface area (Å²) in [6, 6.07) is 37.5. The van der Waals surface area contributed by atoms with Gasteiger partial charge in [-0.25, -0.2) is 43.9 Å². The minimum absolute atomic E-state index is 0.223. The van der Waals surface area contributed by atoms with E-state index in [0.29, 0.717) is 0 Å². The van der Waals surface area contributed by atoms with Crippen LogP contribution in [0, 0.1) is 58.2 Å². The van der Waals surface area contributed by atoms with Gasteiger partial charge in [0.15, 0.2) is 57.7 Å². The van der Waals surface area contributed by atoms with Gasteiger partial charge in [-0.15, -0.1) is 0 Å². The molecule has 0 radical (unpaired) electrons. The summed E-state index contributed by atoms with van der Waals surface area (Å²) in [6.45, 7) is 0. The third-order valence-electron chi connectivity index (χ3n) is 11.1. The lowest BCUT2D eigenvalue weighted by Gasteiger charge is -2.47. The number of ether oxygens (including phenoxy) is 1. The van der Waals surface area contributed by atoms with Gasteiger partial charge < -0.3 is 4.74 Å². The van der Waals surface area contributed by atoms with E-state index in [1.165, 1.54) is 133 Å². The molecule has 0 bridgehead atoms. The fourth-order valence-corrected chi connectivity index (χ4v) is 8.29. The summed E-state index contributed by atoms with van der Waals surface area (Å²) in [7, 11) is 0. The molecule has 0 heterocycles. The van der Waals surface area contributed by atoms with Crippen molar-refractivity contribution in [2.24, 2.45) is 0 Å². The maximum Gasteiger partial charge on any atom is 0.197 e. The highest BCUT2D eigenvalue weighted by Gasteiger charge is 2.56. The van der Waals surface area contributed by atoms with Crippen molar-refractivity contribution in [2.45, 2.75) is 24.0 Å². The van der Waals surface area contributed by atoms with Gasteiger partial charge in [0.25, 0.3) is 0 Å². The second-order valence-electron chi connectivity index (χ2n) is 14.7. The largest absolute Gasteiger partial charge is 0.340 e. The summed E-state index contributed by atoms with van der Waals surface area (Å²) in [4.78, 5) is 0. The van der Waals surface area contributed by atoms with Crippen molar-refractivity contribution in [3.8, 4) is 0 Å². The molecule has 63 heavy (non-hydrogen) atoms. The number of halogens is 10. The van der Waals surface area contributed by atoms with Crippen LogP contribution >= 0.6 is 0 Å². The lowest BCUT2D eigenvalue weighted by molar-refractivity contribution is -0.0886. The first-order valence-corrected chi connectivity index (χ1v) is 19.5. The smallest absolute Gasteiger partial charge is 0.197 e. The minimum Gasteiger partial charge on any atom is -0.340 e. The molecule has 0 aliphatic carbocycles. The molecular weight excluding hydrogens is 831 g/mol. The van der Waals surface area contributed by atoms with E-state index in [0.717, 1.165) is 24.3 Å². The molecule has 0 saturated heterocycles. The van der Waals surface area contributed by atoms with Crippen molar-refractivity contribution in [3.05, 3.63) is 284 Å². The molecule has 0 N–H and O–H groups in total. The SMILES string of the molecule is Fc1ccccc1C(OC(c1ccccc1)(c1ccccc1F)c1c(F)c(F)c(F)c(F)c1Cc1ccccc1)(c1ccccc1)c1c(F)c(F)c(F)c(F)c1Cc1ccccc1. The molecule has 316 valence electrons. The molecule has 0 saturated carbocycles. The van der Waals surface area contributed by atoms with E-state index in [1.807, 2.05) is 0 Å². The van der Waals surface area contributed by atoms with E-state index in [-0.39, 0.29) is 22.3 Å². The second-order valence-corrected chi connectivity index (χ2v) is 14.7. The first-order valence-electron chi connectivity index (χ1n) is 19.5. The molecule has 0 amide bonds. The van der Waals surface area contributed by atoms with E-state index in [2.05, 4.69) is 0 Å². The Kier molecular flexibility index (Phi) is 11.8.